The molecule has 0 radical (unpaired) electrons. The first kappa shape index (κ1) is 20.0. The van der Waals surface area contributed by atoms with Crippen molar-refractivity contribution in [2.45, 2.75) is 32.0 Å². The van der Waals surface area contributed by atoms with Gasteiger partial charge in [-0.25, -0.2) is 9.97 Å². The Morgan fingerprint density at radius 2 is 1.78 bits per heavy atom. The molecule has 2 N–H and O–H groups in total. The summed E-state index contributed by atoms with van der Waals surface area (Å²) in [6.07, 6.45) is 3.84. The van der Waals surface area contributed by atoms with Crippen LogP contribution in [0.25, 0.3) is 10.9 Å². The van der Waals surface area contributed by atoms with E-state index in [0.29, 0.717) is 36.5 Å². The van der Waals surface area contributed by atoms with E-state index >= 15 is 0 Å². The minimum Gasteiger partial charge on any atom is -0.473 e. The van der Waals surface area contributed by atoms with Crippen LogP contribution in [0.3, 0.4) is 0 Å². The van der Waals surface area contributed by atoms with Crippen LogP contribution >= 0.6 is 0 Å². The zero-order valence-corrected chi connectivity index (χ0v) is 17.6. The molecule has 0 saturated heterocycles. The molecular weight excluding hydrogens is 400 g/mol. The van der Waals surface area contributed by atoms with Crippen LogP contribution in [0.15, 0.2) is 79.0 Å². The largest absolute Gasteiger partial charge is 0.473 e. The van der Waals surface area contributed by atoms with Crippen molar-refractivity contribution in [1.82, 2.24) is 15.3 Å². The van der Waals surface area contributed by atoms with Gasteiger partial charge in [0, 0.05) is 30.2 Å². The minimum atomic E-state index is -0.0466. The highest BCUT2D eigenvalue weighted by Crippen LogP contribution is 2.24. The number of carbonyl (C=O) groups is 1. The molecule has 0 spiro atoms. The maximum atomic E-state index is 12.8. The van der Waals surface area contributed by atoms with Gasteiger partial charge in [0.1, 0.15) is 12.4 Å². The Hall–Kier alpha value is -3.93. The van der Waals surface area contributed by atoms with E-state index in [1.165, 1.54) is 0 Å². The highest BCUT2D eigenvalue weighted by atomic mass is 16.5. The van der Waals surface area contributed by atoms with Gasteiger partial charge in [-0.15, -0.1) is 0 Å². The van der Waals surface area contributed by atoms with Gasteiger partial charge in [0.25, 0.3) is 5.91 Å². The van der Waals surface area contributed by atoms with Gasteiger partial charge in [0.05, 0.1) is 11.1 Å². The van der Waals surface area contributed by atoms with E-state index in [-0.39, 0.29) is 5.91 Å². The fourth-order valence-corrected chi connectivity index (χ4v) is 3.51. The van der Waals surface area contributed by atoms with Gasteiger partial charge >= 0.3 is 0 Å². The van der Waals surface area contributed by atoms with Crippen molar-refractivity contribution in [2.75, 3.05) is 5.32 Å². The van der Waals surface area contributed by atoms with Gasteiger partial charge in [-0.2, -0.15) is 0 Å². The highest BCUT2D eigenvalue weighted by molar-refractivity contribution is 6.07. The molecule has 2 aromatic heterocycles. The SMILES string of the molecule is O=C(NC1CC1)c1cc(NCc2ccnc(OCc3ccccc3)c2)nc2ccccc12. The van der Waals surface area contributed by atoms with Crippen molar-refractivity contribution in [3.63, 3.8) is 0 Å². The van der Waals surface area contributed by atoms with Gasteiger partial charge < -0.3 is 15.4 Å². The molecule has 160 valence electrons. The van der Waals surface area contributed by atoms with Crippen LogP contribution in [0, 0.1) is 0 Å². The minimum absolute atomic E-state index is 0.0466. The zero-order valence-electron chi connectivity index (χ0n) is 17.6. The lowest BCUT2D eigenvalue weighted by Gasteiger charge is -2.12. The molecule has 0 atom stereocenters. The molecule has 1 aliphatic carbocycles. The van der Waals surface area contributed by atoms with E-state index in [9.17, 15) is 4.79 Å². The Kier molecular flexibility index (Phi) is 5.66. The van der Waals surface area contributed by atoms with Crippen molar-refractivity contribution >= 4 is 22.6 Å². The van der Waals surface area contributed by atoms with Gasteiger partial charge in [-0.1, -0.05) is 48.5 Å². The summed E-state index contributed by atoms with van der Waals surface area (Å²) >= 11 is 0. The number of fused-ring (bicyclic) bond motifs is 1. The first-order valence-electron chi connectivity index (χ1n) is 10.8. The molecule has 1 amide bonds. The van der Waals surface area contributed by atoms with Gasteiger partial charge in [0.2, 0.25) is 5.88 Å². The second-order valence-corrected chi connectivity index (χ2v) is 7.95. The topological polar surface area (TPSA) is 76.1 Å². The second kappa shape index (κ2) is 9.06. The average Bonchev–Trinajstić information content (AvgIpc) is 3.66. The monoisotopic (exact) mass is 424 g/mol. The number of aromatic nitrogens is 2. The summed E-state index contributed by atoms with van der Waals surface area (Å²) in [6.45, 7) is 1.01. The van der Waals surface area contributed by atoms with Crippen molar-refractivity contribution in [2.24, 2.45) is 0 Å². The molecule has 5 rings (SSSR count). The zero-order chi connectivity index (χ0) is 21.8. The smallest absolute Gasteiger partial charge is 0.252 e. The molecule has 2 aromatic carbocycles. The Morgan fingerprint density at radius 3 is 2.62 bits per heavy atom. The Labute approximate surface area is 186 Å². The summed E-state index contributed by atoms with van der Waals surface area (Å²) in [4.78, 5) is 21.8. The summed E-state index contributed by atoms with van der Waals surface area (Å²) < 4.78 is 5.83. The Bertz CT molecular complexity index is 1240. The number of nitrogens with one attached hydrogen (secondary N) is 2. The van der Waals surface area contributed by atoms with E-state index in [4.69, 9.17) is 4.74 Å². The van der Waals surface area contributed by atoms with Crippen molar-refractivity contribution in [3.05, 3.63) is 95.7 Å². The van der Waals surface area contributed by atoms with E-state index < -0.39 is 0 Å². The number of pyridine rings is 2. The third-order valence-corrected chi connectivity index (χ3v) is 5.38. The number of benzene rings is 2. The Morgan fingerprint density at radius 1 is 0.969 bits per heavy atom. The molecule has 1 saturated carbocycles. The van der Waals surface area contributed by atoms with Crippen molar-refractivity contribution in [1.29, 1.82) is 0 Å². The number of hydrogen-bond acceptors (Lipinski definition) is 5. The molecule has 6 heteroatoms. The molecule has 1 fully saturated rings. The first-order chi connectivity index (χ1) is 15.7. The number of para-hydroxylation sites is 1. The number of rotatable bonds is 8. The normalized spacial score (nSPS) is 13.0. The predicted octanol–water partition coefficient (Wildman–Crippen LogP) is 4.71. The predicted molar refractivity (Wildman–Crippen MR) is 125 cm³/mol. The first-order valence-corrected chi connectivity index (χ1v) is 10.8. The quantitative estimate of drug-likeness (QED) is 0.428. The lowest BCUT2D eigenvalue weighted by atomic mass is 10.1. The molecule has 0 bridgehead atoms. The molecule has 4 aromatic rings. The van der Waals surface area contributed by atoms with Crippen LogP contribution in [0.5, 0.6) is 5.88 Å². The van der Waals surface area contributed by atoms with Crippen LogP contribution in [0.2, 0.25) is 0 Å². The fraction of sp³-hybridized carbons (Fsp3) is 0.192. The maximum absolute atomic E-state index is 12.8. The van der Waals surface area contributed by atoms with E-state index in [2.05, 4.69) is 20.6 Å². The molecular formula is C26H24N4O2. The summed E-state index contributed by atoms with van der Waals surface area (Å²) in [5, 5.41) is 7.28. The number of nitrogens with zero attached hydrogens (tertiary/aromatic N) is 2. The maximum Gasteiger partial charge on any atom is 0.252 e. The fourth-order valence-electron chi connectivity index (χ4n) is 3.51. The lowest BCUT2D eigenvalue weighted by molar-refractivity contribution is 0.0952. The van der Waals surface area contributed by atoms with E-state index in [1.807, 2.05) is 72.8 Å². The summed E-state index contributed by atoms with van der Waals surface area (Å²) in [5.74, 6) is 1.19. The third-order valence-electron chi connectivity index (χ3n) is 5.38. The molecule has 0 unspecified atom stereocenters. The standard InChI is InChI=1S/C26H24N4O2/c31-26(29-20-10-11-20)22-15-24(30-23-9-5-4-8-21(22)23)28-16-19-12-13-27-25(14-19)32-17-18-6-2-1-3-7-18/h1-9,12-15,20H,10-11,16-17H2,(H,28,30)(H,29,31). The van der Waals surface area contributed by atoms with Crippen LogP contribution in [-0.2, 0) is 13.2 Å². The molecule has 6 nitrogen and oxygen atoms in total. The highest BCUT2D eigenvalue weighted by Gasteiger charge is 2.25. The van der Waals surface area contributed by atoms with Crippen molar-refractivity contribution in [3.8, 4) is 5.88 Å². The molecule has 2 heterocycles. The summed E-state index contributed by atoms with van der Waals surface area (Å²) in [5.41, 5.74) is 3.55. The van der Waals surface area contributed by atoms with Crippen molar-refractivity contribution < 1.29 is 9.53 Å². The third kappa shape index (κ3) is 4.86. The number of hydrogen-bond donors (Lipinski definition) is 2. The van der Waals surface area contributed by atoms with Gasteiger partial charge in [0.15, 0.2) is 0 Å². The number of amides is 1. The summed E-state index contributed by atoms with van der Waals surface area (Å²) in [6, 6.07) is 23.7. The van der Waals surface area contributed by atoms with Crippen LogP contribution in [-0.4, -0.2) is 21.9 Å². The molecule has 0 aliphatic heterocycles. The molecule has 1 aliphatic rings. The van der Waals surface area contributed by atoms with Crippen LogP contribution in [0.4, 0.5) is 5.82 Å². The number of carbonyl (C=O) groups excluding carboxylic acids is 1. The Balaban J connectivity index is 1.30. The van der Waals surface area contributed by atoms with Crippen LogP contribution in [0.1, 0.15) is 34.3 Å². The lowest BCUT2D eigenvalue weighted by Crippen LogP contribution is -2.25. The van der Waals surface area contributed by atoms with Gasteiger partial charge in [-0.05, 0) is 42.2 Å². The van der Waals surface area contributed by atoms with Gasteiger partial charge in [-0.3, -0.25) is 4.79 Å². The second-order valence-electron chi connectivity index (χ2n) is 7.95. The number of ether oxygens (including phenoxy) is 1. The van der Waals surface area contributed by atoms with Crippen LogP contribution < -0.4 is 15.4 Å². The average molecular weight is 425 g/mol. The molecule has 32 heavy (non-hydrogen) atoms. The van der Waals surface area contributed by atoms with E-state index in [0.717, 1.165) is 34.9 Å². The number of anilines is 1. The van der Waals surface area contributed by atoms with E-state index in [1.54, 1.807) is 6.20 Å². The summed E-state index contributed by atoms with van der Waals surface area (Å²) in [7, 11) is 0.